The van der Waals surface area contributed by atoms with E-state index in [-0.39, 0.29) is 11.5 Å². The van der Waals surface area contributed by atoms with Crippen LogP contribution in [0, 0.1) is 12.8 Å². The van der Waals surface area contributed by atoms with Gasteiger partial charge in [-0.15, -0.1) is 0 Å². The minimum Gasteiger partial charge on any atom is -0.469 e. The molecular weight excluding hydrogens is 254 g/mol. The number of carbonyl (C=O) groups is 1. The van der Waals surface area contributed by atoms with E-state index < -0.39 is 21.7 Å². The Kier molecular flexibility index (Phi) is 4.84. The van der Waals surface area contributed by atoms with Crippen LogP contribution in [-0.2, 0) is 25.1 Å². The Hall–Kier alpha value is -1.43. The number of esters is 1. The van der Waals surface area contributed by atoms with Crippen molar-refractivity contribution in [1.82, 2.24) is 4.98 Å². The number of aromatic nitrogens is 1. The lowest BCUT2D eigenvalue weighted by molar-refractivity contribution is -0.144. The van der Waals surface area contributed by atoms with Crippen LogP contribution >= 0.6 is 0 Å². The lowest BCUT2D eigenvalue weighted by atomic mass is 10.2. The summed E-state index contributed by atoms with van der Waals surface area (Å²) in [5, 5.41) is 0. The molecule has 0 saturated heterocycles. The number of hydrogen-bond acceptors (Lipinski definition) is 5. The maximum Gasteiger partial charge on any atom is 0.309 e. The van der Waals surface area contributed by atoms with Crippen LogP contribution in [0.15, 0.2) is 18.3 Å². The summed E-state index contributed by atoms with van der Waals surface area (Å²) in [5.41, 5.74) is 1.35. The Balaban J connectivity index is 2.77. The summed E-state index contributed by atoms with van der Waals surface area (Å²) in [4.78, 5) is 15.2. The van der Waals surface area contributed by atoms with Crippen LogP contribution in [0.1, 0.15) is 18.2 Å². The minimum absolute atomic E-state index is 0.152. The fraction of sp³-hybridized carbons (Fsp3) is 0.500. The third-order valence-corrected chi connectivity index (χ3v) is 4.30. The van der Waals surface area contributed by atoms with E-state index in [4.69, 9.17) is 0 Å². The molecule has 1 unspecified atom stereocenters. The number of carbonyl (C=O) groups excluding carboxylic acids is 1. The summed E-state index contributed by atoms with van der Waals surface area (Å²) < 4.78 is 28.4. The Labute approximate surface area is 107 Å². The van der Waals surface area contributed by atoms with E-state index in [1.54, 1.807) is 12.3 Å². The predicted molar refractivity (Wildman–Crippen MR) is 67.6 cm³/mol. The normalized spacial score (nSPS) is 13.1. The molecule has 6 heteroatoms. The Morgan fingerprint density at radius 1 is 1.50 bits per heavy atom. The van der Waals surface area contributed by atoms with Crippen molar-refractivity contribution in [1.29, 1.82) is 0 Å². The van der Waals surface area contributed by atoms with Gasteiger partial charge in [0, 0.05) is 6.20 Å². The SMILES string of the molecule is COC(=O)C(C)CS(=O)(=O)Cc1ncccc1C. The maximum atomic E-state index is 11.9. The average molecular weight is 271 g/mol. The molecule has 0 aromatic carbocycles. The van der Waals surface area contributed by atoms with Crippen LogP contribution in [0.4, 0.5) is 0 Å². The zero-order chi connectivity index (χ0) is 13.8. The first-order valence-electron chi connectivity index (χ1n) is 5.54. The van der Waals surface area contributed by atoms with Crippen LogP contribution in [0.5, 0.6) is 0 Å². The molecule has 1 rings (SSSR count). The van der Waals surface area contributed by atoms with Crippen molar-refractivity contribution in [3.63, 3.8) is 0 Å². The van der Waals surface area contributed by atoms with Gasteiger partial charge in [0.05, 0.1) is 30.2 Å². The van der Waals surface area contributed by atoms with Crippen molar-refractivity contribution in [2.75, 3.05) is 12.9 Å². The van der Waals surface area contributed by atoms with E-state index in [0.29, 0.717) is 5.69 Å². The third-order valence-electron chi connectivity index (χ3n) is 2.58. The number of aryl methyl sites for hydroxylation is 1. The lowest BCUT2D eigenvalue weighted by Gasteiger charge is -2.10. The van der Waals surface area contributed by atoms with Gasteiger partial charge in [0.1, 0.15) is 0 Å². The quantitative estimate of drug-likeness (QED) is 0.750. The highest BCUT2D eigenvalue weighted by molar-refractivity contribution is 7.90. The Morgan fingerprint density at radius 3 is 2.72 bits per heavy atom. The van der Waals surface area contributed by atoms with Gasteiger partial charge in [0.2, 0.25) is 0 Å². The van der Waals surface area contributed by atoms with E-state index in [1.807, 2.05) is 13.0 Å². The first-order valence-corrected chi connectivity index (χ1v) is 7.36. The predicted octanol–water partition coefficient (Wildman–Crippen LogP) is 1.11. The van der Waals surface area contributed by atoms with Gasteiger partial charge in [0.25, 0.3) is 0 Å². The van der Waals surface area contributed by atoms with E-state index in [2.05, 4.69) is 9.72 Å². The first-order chi connectivity index (χ1) is 8.35. The fourth-order valence-corrected chi connectivity index (χ4v) is 3.32. The molecular formula is C12H17NO4S. The van der Waals surface area contributed by atoms with Crippen molar-refractivity contribution >= 4 is 15.8 Å². The van der Waals surface area contributed by atoms with Gasteiger partial charge in [-0.2, -0.15) is 0 Å². The lowest BCUT2D eigenvalue weighted by Crippen LogP contribution is -2.23. The molecule has 0 fully saturated rings. The van der Waals surface area contributed by atoms with Gasteiger partial charge in [-0.1, -0.05) is 13.0 Å². The molecule has 0 radical (unpaired) electrons. The second-order valence-electron chi connectivity index (χ2n) is 4.25. The molecule has 0 N–H and O–H groups in total. The molecule has 100 valence electrons. The number of hydrogen-bond donors (Lipinski definition) is 0. The number of rotatable bonds is 5. The Bertz CT molecular complexity index is 525. The number of ether oxygens (including phenoxy) is 1. The van der Waals surface area contributed by atoms with Crippen molar-refractivity contribution in [3.05, 3.63) is 29.6 Å². The molecule has 18 heavy (non-hydrogen) atoms. The molecule has 0 aliphatic rings. The van der Waals surface area contributed by atoms with Crippen LogP contribution in [-0.4, -0.2) is 32.2 Å². The molecule has 0 aliphatic heterocycles. The molecule has 5 nitrogen and oxygen atoms in total. The van der Waals surface area contributed by atoms with Crippen LogP contribution in [0.3, 0.4) is 0 Å². The zero-order valence-electron chi connectivity index (χ0n) is 10.7. The monoisotopic (exact) mass is 271 g/mol. The van der Waals surface area contributed by atoms with Gasteiger partial charge >= 0.3 is 5.97 Å². The summed E-state index contributed by atoms with van der Waals surface area (Å²) in [6.07, 6.45) is 1.56. The summed E-state index contributed by atoms with van der Waals surface area (Å²) in [6, 6.07) is 3.56. The molecule has 1 aromatic rings. The van der Waals surface area contributed by atoms with Crippen LogP contribution < -0.4 is 0 Å². The highest BCUT2D eigenvalue weighted by Gasteiger charge is 2.23. The summed E-state index contributed by atoms with van der Waals surface area (Å²) >= 11 is 0. The van der Waals surface area contributed by atoms with Gasteiger partial charge in [0.15, 0.2) is 9.84 Å². The molecule has 0 bridgehead atoms. The summed E-state index contributed by atoms with van der Waals surface area (Å²) in [6.45, 7) is 3.34. The molecule has 1 atom stereocenters. The van der Waals surface area contributed by atoms with Gasteiger partial charge < -0.3 is 4.74 Å². The van der Waals surface area contributed by atoms with Gasteiger partial charge in [-0.25, -0.2) is 8.42 Å². The van der Waals surface area contributed by atoms with Crippen LogP contribution in [0.2, 0.25) is 0 Å². The number of methoxy groups -OCH3 is 1. The second kappa shape index (κ2) is 5.95. The minimum atomic E-state index is -3.37. The molecule has 0 aliphatic carbocycles. The third kappa shape index (κ3) is 4.10. The fourth-order valence-electron chi connectivity index (χ4n) is 1.59. The molecule has 1 aromatic heterocycles. The van der Waals surface area contributed by atoms with E-state index in [1.165, 1.54) is 14.0 Å². The van der Waals surface area contributed by atoms with Crippen LogP contribution in [0.25, 0.3) is 0 Å². The van der Waals surface area contributed by atoms with Gasteiger partial charge in [-0.3, -0.25) is 9.78 Å². The van der Waals surface area contributed by atoms with E-state index >= 15 is 0 Å². The number of pyridine rings is 1. The van der Waals surface area contributed by atoms with E-state index in [9.17, 15) is 13.2 Å². The highest BCUT2D eigenvalue weighted by Crippen LogP contribution is 2.12. The molecule has 0 amide bonds. The topological polar surface area (TPSA) is 73.3 Å². The number of sulfone groups is 1. The Morgan fingerprint density at radius 2 is 2.17 bits per heavy atom. The largest absolute Gasteiger partial charge is 0.469 e. The smallest absolute Gasteiger partial charge is 0.309 e. The highest BCUT2D eigenvalue weighted by atomic mass is 32.2. The maximum absolute atomic E-state index is 11.9. The standard InChI is InChI=1S/C12H17NO4S/c1-9-5-4-6-13-11(9)8-18(15,16)7-10(2)12(14)17-3/h4-6,10H,7-8H2,1-3H3. The van der Waals surface area contributed by atoms with E-state index in [0.717, 1.165) is 5.56 Å². The van der Waals surface area contributed by atoms with Crippen molar-refractivity contribution in [3.8, 4) is 0 Å². The average Bonchev–Trinajstić information content (AvgIpc) is 2.30. The molecule has 0 spiro atoms. The van der Waals surface area contributed by atoms with Gasteiger partial charge in [-0.05, 0) is 18.6 Å². The number of nitrogens with zero attached hydrogens (tertiary/aromatic N) is 1. The van der Waals surface area contributed by atoms with Crippen molar-refractivity contribution in [2.24, 2.45) is 5.92 Å². The second-order valence-corrected chi connectivity index (χ2v) is 6.35. The first kappa shape index (κ1) is 14.6. The van der Waals surface area contributed by atoms with Crippen molar-refractivity contribution < 1.29 is 17.9 Å². The van der Waals surface area contributed by atoms with Crippen molar-refractivity contribution in [2.45, 2.75) is 19.6 Å². The summed E-state index contributed by atoms with van der Waals surface area (Å²) in [5.74, 6) is -1.56. The zero-order valence-corrected chi connectivity index (χ0v) is 11.5. The molecule has 1 heterocycles. The summed E-state index contributed by atoms with van der Waals surface area (Å²) in [7, 11) is -2.13. The molecule has 0 saturated carbocycles.